The predicted molar refractivity (Wildman–Crippen MR) is 167 cm³/mol. The van der Waals surface area contributed by atoms with Crippen molar-refractivity contribution in [1.29, 1.82) is 0 Å². The molecule has 2 fully saturated rings. The highest BCUT2D eigenvalue weighted by Crippen LogP contribution is 2.23. The van der Waals surface area contributed by atoms with Gasteiger partial charge in [0.1, 0.15) is 30.0 Å². The third kappa shape index (κ3) is 7.54. The van der Waals surface area contributed by atoms with Crippen molar-refractivity contribution >= 4 is 40.3 Å². The minimum atomic E-state index is -1.41. The van der Waals surface area contributed by atoms with E-state index in [-0.39, 0.29) is 29.6 Å². The Balaban J connectivity index is 1.71. The quantitative estimate of drug-likeness (QED) is 0.304. The van der Waals surface area contributed by atoms with Crippen molar-refractivity contribution in [3.8, 4) is 0 Å². The van der Waals surface area contributed by atoms with Gasteiger partial charge in [-0.2, -0.15) is 0 Å². The molecule has 1 aromatic heterocycles. The van der Waals surface area contributed by atoms with E-state index in [2.05, 4.69) is 20.9 Å². The molecule has 2 aliphatic rings. The minimum Gasteiger partial charge on any atom is -0.361 e. The molecule has 3 heterocycles. The third-order valence-corrected chi connectivity index (χ3v) is 9.02. The highest BCUT2D eigenvalue weighted by molar-refractivity contribution is 5.98. The van der Waals surface area contributed by atoms with Crippen LogP contribution in [0.15, 0.2) is 35.3 Å². The summed E-state index contributed by atoms with van der Waals surface area (Å²) in [5.74, 6) is -2.11. The van der Waals surface area contributed by atoms with E-state index in [4.69, 9.17) is 0 Å². The van der Waals surface area contributed by atoms with Gasteiger partial charge in [-0.15, -0.1) is 0 Å². The van der Waals surface area contributed by atoms with Crippen LogP contribution >= 0.6 is 0 Å². The highest BCUT2D eigenvalue weighted by atomic mass is 16.2. The van der Waals surface area contributed by atoms with Gasteiger partial charge in [-0.25, -0.2) is 0 Å². The van der Waals surface area contributed by atoms with E-state index in [1.807, 2.05) is 20.8 Å². The van der Waals surface area contributed by atoms with Crippen molar-refractivity contribution in [2.45, 2.75) is 109 Å². The Bertz CT molecular complexity index is 1440. The van der Waals surface area contributed by atoms with Crippen molar-refractivity contribution in [3.05, 3.63) is 46.2 Å². The van der Waals surface area contributed by atoms with Crippen LogP contribution < -0.4 is 21.4 Å². The Morgan fingerprint density at radius 2 is 1.70 bits per heavy atom. The van der Waals surface area contributed by atoms with Gasteiger partial charge in [-0.1, -0.05) is 52.2 Å². The molecule has 0 aliphatic carbocycles. The second kappa shape index (κ2) is 15.1. The Hall–Kier alpha value is -4.02. The molecule has 1 aromatic carbocycles. The summed E-state index contributed by atoms with van der Waals surface area (Å²) in [5, 5.41) is 8.83. The van der Waals surface area contributed by atoms with Crippen molar-refractivity contribution in [2.75, 3.05) is 6.54 Å². The van der Waals surface area contributed by atoms with Gasteiger partial charge in [-0.3, -0.25) is 28.8 Å². The van der Waals surface area contributed by atoms with Crippen molar-refractivity contribution < 1.29 is 24.0 Å². The normalized spacial score (nSPS) is 23.9. The second-order valence-electron chi connectivity index (χ2n) is 12.0. The van der Waals surface area contributed by atoms with Gasteiger partial charge in [0.05, 0.1) is 0 Å². The maximum atomic E-state index is 14.0. The number of piperidine rings is 1. The molecular formula is C33H45N5O6. The van der Waals surface area contributed by atoms with Gasteiger partial charge in [-0.05, 0) is 50.2 Å². The number of benzene rings is 1. The van der Waals surface area contributed by atoms with E-state index < -0.39 is 47.3 Å². The van der Waals surface area contributed by atoms with Gasteiger partial charge in [0, 0.05) is 42.0 Å². The maximum Gasteiger partial charge on any atom is 0.248 e. The molecule has 0 radical (unpaired) electrons. The number of nitrogens with zero attached hydrogens (tertiary/aromatic N) is 1. The minimum absolute atomic E-state index is 0.0287. The number of nitrogens with one attached hydrogen (secondary N) is 4. The standard InChI is InChI=1S/C33H45N5O6/c1-4-20(3)27-33(44)38-18-12-11-17-26(38)31(42)35-25(16-8-6-7-13-21(39)5-2)30(41)37-28(32(43)36-27)23-19-34-24-15-10-9-14-22(24)29(23)40/h9-10,14-15,19-20,25-28H,4-8,11-13,16-18H2,1-3H3,(H,34,40)(H,35,42)(H,36,43)(H,37,41)/t20?,25-,26+,27-,28?/m0/s1. The molecule has 44 heavy (non-hydrogen) atoms. The molecule has 238 valence electrons. The number of hydrogen-bond acceptors (Lipinski definition) is 6. The lowest BCUT2D eigenvalue weighted by Crippen LogP contribution is -2.62. The molecule has 2 aliphatic heterocycles. The summed E-state index contributed by atoms with van der Waals surface area (Å²) in [6.45, 7) is 5.96. The lowest BCUT2D eigenvalue weighted by Gasteiger charge is -2.39. The number of rotatable bonds is 10. The van der Waals surface area contributed by atoms with Crippen LogP contribution in [-0.4, -0.2) is 64.0 Å². The lowest BCUT2D eigenvalue weighted by atomic mass is 9.93. The van der Waals surface area contributed by atoms with E-state index in [0.29, 0.717) is 62.4 Å². The molecule has 4 N–H and O–H groups in total. The Labute approximate surface area is 257 Å². The molecule has 2 saturated heterocycles. The zero-order valence-corrected chi connectivity index (χ0v) is 25.9. The number of Topliss-reactive ketones (excluding diaryl/α,β-unsaturated/α-hetero) is 1. The first-order valence-electron chi connectivity index (χ1n) is 16.0. The van der Waals surface area contributed by atoms with E-state index in [0.717, 1.165) is 12.8 Å². The van der Waals surface area contributed by atoms with Crippen molar-refractivity contribution in [2.24, 2.45) is 5.92 Å². The highest BCUT2D eigenvalue weighted by Gasteiger charge is 2.41. The number of para-hydroxylation sites is 1. The average Bonchev–Trinajstić information content (AvgIpc) is 3.04. The number of carbonyl (C=O) groups excluding carboxylic acids is 5. The van der Waals surface area contributed by atoms with Gasteiger partial charge in [0.25, 0.3) is 0 Å². The average molecular weight is 608 g/mol. The van der Waals surface area contributed by atoms with Crippen LogP contribution in [-0.2, 0) is 24.0 Å². The summed E-state index contributed by atoms with van der Waals surface area (Å²) >= 11 is 0. The number of amides is 4. The number of aromatic amines is 1. The van der Waals surface area contributed by atoms with Crippen LogP contribution in [0.25, 0.3) is 10.9 Å². The van der Waals surface area contributed by atoms with Gasteiger partial charge in [0.15, 0.2) is 5.43 Å². The molecular weight excluding hydrogens is 562 g/mol. The van der Waals surface area contributed by atoms with E-state index in [9.17, 15) is 28.8 Å². The van der Waals surface area contributed by atoms with Crippen LogP contribution in [0.1, 0.15) is 96.6 Å². The van der Waals surface area contributed by atoms with Crippen LogP contribution in [0.3, 0.4) is 0 Å². The fourth-order valence-corrected chi connectivity index (χ4v) is 6.05. The van der Waals surface area contributed by atoms with Crippen LogP contribution in [0.2, 0.25) is 0 Å². The number of fused-ring (bicyclic) bond motifs is 2. The molecule has 0 bridgehead atoms. The molecule has 11 heteroatoms. The van der Waals surface area contributed by atoms with Crippen molar-refractivity contribution in [3.63, 3.8) is 0 Å². The SMILES string of the molecule is CCC(=O)CCCCC[C@@H]1NC(=O)[C@H]2CCCCN2C(=O)[C@H](C(C)CC)NC(=O)C(c2c[nH]c3ccccc3c2=O)NC1=O. The summed E-state index contributed by atoms with van der Waals surface area (Å²) in [6.07, 6.45) is 7.09. The fourth-order valence-electron chi connectivity index (χ4n) is 6.05. The zero-order chi connectivity index (χ0) is 31.8. The smallest absolute Gasteiger partial charge is 0.248 e. The largest absolute Gasteiger partial charge is 0.361 e. The number of unbranched alkanes of at least 4 members (excludes halogenated alkanes) is 2. The molecule has 2 aromatic rings. The first kappa shape index (κ1) is 32.9. The topological polar surface area (TPSA) is 158 Å². The van der Waals surface area contributed by atoms with Crippen molar-refractivity contribution in [1.82, 2.24) is 25.8 Å². The Morgan fingerprint density at radius 3 is 2.45 bits per heavy atom. The van der Waals surface area contributed by atoms with E-state index >= 15 is 0 Å². The van der Waals surface area contributed by atoms with Gasteiger partial charge >= 0.3 is 0 Å². The monoisotopic (exact) mass is 607 g/mol. The molecule has 2 unspecified atom stereocenters. The maximum absolute atomic E-state index is 14.0. The number of ketones is 1. The van der Waals surface area contributed by atoms with E-state index in [1.54, 1.807) is 29.2 Å². The molecule has 0 spiro atoms. The fraction of sp³-hybridized carbons (Fsp3) is 0.576. The van der Waals surface area contributed by atoms with Gasteiger partial charge < -0.3 is 25.8 Å². The van der Waals surface area contributed by atoms with Crippen LogP contribution in [0.4, 0.5) is 0 Å². The molecule has 5 atom stereocenters. The molecule has 4 amide bonds. The zero-order valence-electron chi connectivity index (χ0n) is 25.9. The summed E-state index contributed by atoms with van der Waals surface area (Å²) in [6, 6.07) is 2.78. The molecule has 0 saturated carbocycles. The summed E-state index contributed by atoms with van der Waals surface area (Å²) < 4.78 is 0. The number of H-pyrrole nitrogens is 1. The lowest BCUT2D eigenvalue weighted by molar-refractivity contribution is -0.147. The van der Waals surface area contributed by atoms with E-state index in [1.165, 1.54) is 6.20 Å². The third-order valence-electron chi connectivity index (χ3n) is 9.02. The summed E-state index contributed by atoms with van der Waals surface area (Å²) in [5.41, 5.74) is 0.188. The number of pyridine rings is 1. The predicted octanol–water partition coefficient (Wildman–Crippen LogP) is 3.03. The summed E-state index contributed by atoms with van der Waals surface area (Å²) in [7, 11) is 0. The second-order valence-corrected chi connectivity index (χ2v) is 12.0. The Kier molecular flexibility index (Phi) is 11.3. The first-order chi connectivity index (χ1) is 21.2. The Morgan fingerprint density at radius 1 is 0.932 bits per heavy atom. The number of carbonyl (C=O) groups is 5. The van der Waals surface area contributed by atoms with Gasteiger partial charge in [0.2, 0.25) is 23.6 Å². The first-order valence-corrected chi connectivity index (χ1v) is 16.0. The number of aromatic nitrogens is 1. The van der Waals surface area contributed by atoms with Crippen LogP contribution in [0.5, 0.6) is 0 Å². The molecule has 4 rings (SSSR count). The van der Waals surface area contributed by atoms with Crippen LogP contribution in [0, 0.1) is 5.92 Å². The molecule has 11 nitrogen and oxygen atoms in total. The summed E-state index contributed by atoms with van der Waals surface area (Å²) in [4.78, 5) is 85.4. The number of hydrogen-bond donors (Lipinski definition) is 4.